The van der Waals surface area contributed by atoms with Gasteiger partial charge in [-0.1, -0.05) is 19.1 Å². The fourth-order valence-corrected chi connectivity index (χ4v) is 4.33. The molecule has 1 saturated carbocycles. The third-order valence-corrected chi connectivity index (χ3v) is 6.45. The maximum atomic E-state index is 10.5. The normalized spacial score (nSPS) is 20.8. The summed E-state index contributed by atoms with van der Waals surface area (Å²) < 4.78 is 0. The van der Waals surface area contributed by atoms with Gasteiger partial charge in [-0.3, -0.25) is 0 Å². The van der Waals surface area contributed by atoms with Gasteiger partial charge in [0.1, 0.15) is 11.5 Å². The third-order valence-electron chi connectivity index (χ3n) is 6.45. The van der Waals surface area contributed by atoms with Gasteiger partial charge >= 0.3 is 0 Å². The number of hydrogen-bond acceptors (Lipinski definition) is 7. The van der Waals surface area contributed by atoms with Crippen molar-refractivity contribution in [3.05, 3.63) is 58.7 Å². The molecular weight excluding hydrogens is 408 g/mol. The van der Waals surface area contributed by atoms with Crippen LogP contribution in [0.3, 0.4) is 0 Å². The molecule has 32 heavy (non-hydrogen) atoms. The maximum absolute atomic E-state index is 10.5. The molecule has 0 spiro atoms. The highest BCUT2D eigenvalue weighted by molar-refractivity contribution is 5.37. The second-order valence-electron chi connectivity index (χ2n) is 8.68. The highest BCUT2D eigenvalue weighted by Crippen LogP contribution is 2.25. The van der Waals surface area contributed by atoms with E-state index in [0.29, 0.717) is 36.3 Å². The van der Waals surface area contributed by atoms with Crippen LogP contribution in [0.5, 0.6) is 11.5 Å². The number of hydrogen-bond donors (Lipinski definition) is 7. The Balaban J connectivity index is 1.39. The highest BCUT2D eigenvalue weighted by atomic mass is 16.3. The van der Waals surface area contributed by atoms with E-state index in [1.54, 1.807) is 24.3 Å². The molecular formula is C25H36N2O5. The Labute approximate surface area is 189 Å². The van der Waals surface area contributed by atoms with Gasteiger partial charge in [-0.25, -0.2) is 0 Å². The van der Waals surface area contributed by atoms with E-state index in [-0.39, 0.29) is 18.1 Å². The predicted octanol–water partition coefficient (Wildman–Crippen LogP) is 2.41. The van der Waals surface area contributed by atoms with Crippen molar-refractivity contribution in [1.82, 2.24) is 10.6 Å². The lowest BCUT2D eigenvalue weighted by molar-refractivity contribution is 0.154. The Bertz CT molecular complexity index is 796. The molecule has 2 unspecified atom stereocenters. The van der Waals surface area contributed by atoms with Crippen LogP contribution in [-0.2, 0) is 13.0 Å². The van der Waals surface area contributed by atoms with Gasteiger partial charge in [0, 0.05) is 30.7 Å². The lowest BCUT2D eigenvalue weighted by Crippen LogP contribution is -2.42. The average Bonchev–Trinajstić information content (AvgIpc) is 2.82. The predicted molar refractivity (Wildman–Crippen MR) is 123 cm³/mol. The second kappa shape index (κ2) is 11.6. The molecule has 0 radical (unpaired) electrons. The largest absolute Gasteiger partial charge is 0.508 e. The van der Waals surface area contributed by atoms with Gasteiger partial charge in [0.15, 0.2) is 0 Å². The number of phenolic OH excluding ortho intramolecular Hbond substituents is 1. The van der Waals surface area contributed by atoms with E-state index in [2.05, 4.69) is 10.6 Å². The number of aryl methyl sites for hydroxylation is 1. The molecule has 0 aromatic heterocycles. The van der Waals surface area contributed by atoms with Crippen LogP contribution in [0.25, 0.3) is 0 Å². The van der Waals surface area contributed by atoms with E-state index in [1.807, 2.05) is 13.0 Å². The molecule has 1 aliphatic carbocycles. The molecule has 2 atom stereocenters. The minimum atomic E-state index is -0.704. The smallest absolute Gasteiger partial charge is 0.121 e. The van der Waals surface area contributed by atoms with Crippen molar-refractivity contribution >= 4 is 0 Å². The number of aliphatic hydroxyl groups excluding tert-OH is 3. The van der Waals surface area contributed by atoms with Crippen LogP contribution in [0.15, 0.2) is 36.4 Å². The van der Waals surface area contributed by atoms with Crippen LogP contribution in [0.2, 0.25) is 0 Å². The Kier molecular flexibility index (Phi) is 8.90. The zero-order valence-electron chi connectivity index (χ0n) is 18.7. The summed E-state index contributed by atoms with van der Waals surface area (Å²) in [5, 5.41) is 56.6. The summed E-state index contributed by atoms with van der Waals surface area (Å²) in [5.74, 6) is 0.301. The third kappa shape index (κ3) is 6.43. The van der Waals surface area contributed by atoms with Gasteiger partial charge in [0.2, 0.25) is 0 Å². The molecule has 1 fully saturated rings. The Morgan fingerprint density at radius 1 is 0.781 bits per heavy atom. The van der Waals surface area contributed by atoms with Crippen LogP contribution < -0.4 is 10.6 Å². The summed E-state index contributed by atoms with van der Waals surface area (Å²) in [4.78, 5) is 0. The summed E-state index contributed by atoms with van der Waals surface area (Å²) in [6.07, 6.45) is 3.36. The Hall–Kier alpha value is -2.16. The lowest BCUT2D eigenvalue weighted by Gasteiger charge is -2.31. The molecule has 0 aliphatic heterocycles. The molecule has 0 bridgehead atoms. The first-order valence-electron chi connectivity index (χ1n) is 11.5. The standard InChI is InChI=1S/C25H36N2O5/c1-2-16-11-17(3-9-22(16)29)24(31)13-26-20-5-7-21(8-6-20)27-14-25(32)18-4-10-23(30)19(12-18)15-28/h3-4,9-12,20-21,24-32H,2,5-8,13-15H2,1H3. The topological polar surface area (TPSA) is 125 Å². The van der Waals surface area contributed by atoms with E-state index < -0.39 is 12.2 Å². The first-order valence-corrected chi connectivity index (χ1v) is 11.5. The number of aliphatic hydroxyl groups is 3. The van der Waals surface area contributed by atoms with E-state index >= 15 is 0 Å². The average molecular weight is 445 g/mol. The van der Waals surface area contributed by atoms with Crippen LogP contribution in [0.4, 0.5) is 0 Å². The molecule has 0 amide bonds. The molecule has 2 aromatic rings. The zero-order valence-corrected chi connectivity index (χ0v) is 18.7. The van der Waals surface area contributed by atoms with E-state index in [0.717, 1.165) is 43.2 Å². The van der Waals surface area contributed by atoms with Gasteiger partial charge < -0.3 is 36.2 Å². The highest BCUT2D eigenvalue weighted by Gasteiger charge is 2.22. The minimum absolute atomic E-state index is 0.0311. The van der Waals surface area contributed by atoms with Crippen molar-refractivity contribution in [2.75, 3.05) is 13.1 Å². The van der Waals surface area contributed by atoms with E-state index in [4.69, 9.17) is 0 Å². The van der Waals surface area contributed by atoms with Crippen molar-refractivity contribution in [3.8, 4) is 11.5 Å². The van der Waals surface area contributed by atoms with E-state index in [9.17, 15) is 25.5 Å². The van der Waals surface area contributed by atoms with Crippen molar-refractivity contribution in [2.24, 2.45) is 0 Å². The molecule has 0 saturated heterocycles. The van der Waals surface area contributed by atoms with Gasteiger partial charge in [-0.05, 0) is 73.1 Å². The lowest BCUT2D eigenvalue weighted by atomic mass is 9.90. The van der Waals surface area contributed by atoms with Gasteiger partial charge in [-0.2, -0.15) is 0 Å². The Morgan fingerprint density at radius 3 is 1.66 bits per heavy atom. The quantitative estimate of drug-likeness (QED) is 0.300. The van der Waals surface area contributed by atoms with Crippen molar-refractivity contribution < 1.29 is 25.5 Å². The summed E-state index contributed by atoms with van der Waals surface area (Å²) >= 11 is 0. The van der Waals surface area contributed by atoms with Gasteiger partial charge in [0.25, 0.3) is 0 Å². The van der Waals surface area contributed by atoms with Crippen LogP contribution >= 0.6 is 0 Å². The van der Waals surface area contributed by atoms with Crippen LogP contribution in [0, 0.1) is 0 Å². The molecule has 3 rings (SSSR count). The first kappa shape index (κ1) is 24.5. The second-order valence-corrected chi connectivity index (χ2v) is 8.68. The maximum Gasteiger partial charge on any atom is 0.121 e. The number of nitrogens with one attached hydrogen (secondary N) is 2. The monoisotopic (exact) mass is 444 g/mol. The van der Waals surface area contributed by atoms with Crippen molar-refractivity contribution in [2.45, 2.75) is 69.9 Å². The molecule has 1 aliphatic rings. The molecule has 176 valence electrons. The summed E-state index contributed by atoms with van der Waals surface area (Å²) in [7, 11) is 0. The first-order chi connectivity index (χ1) is 15.4. The number of benzene rings is 2. The van der Waals surface area contributed by atoms with Crippen molar-refractivity contribution in [1.29, 1.82) is 0 Å². The molecule has 7 nitrogen and oxygen atoms in total. The number of aromatic hydroxyl groups is 2. The zero-order chi connectivity index (χ0) is 23.1. The number of rotatable bonds is 10. The molecule has 7 heteroatoms. The summed E-state index contributed by atoms with van der Waals surface area (Å²) in [6, 6.07) is 10.7. The molecule has 2 aromatic carbocycles. The SMILES string of the molecule is CCc1cc(C(O)CNC2CCC(NCC(O)c3ccc(O)c(CO)c3)CC2)ccc1O. The minimum Gasteiger partial charge on any atom is -0.508 e. The van der Waals surface area contributed by atoms with Crippen LogP contribution in [-0.4, -0.2) is 50.7 Å². The van der Waals surface area contributed by atoms with Gasteiger partial charge in [0.05, 0.1) is 18.8 Å². The summed E-state index contributed by atoms with van der Waals surface area (Å²) in [5.41, 5.74) is 2.74. The Morgan fingerprint density at radius 2 is 1.22 bits per heavy atom. The fourth-order valence-electron chi connectivity index (χ4n) is 4.33. The van der Waals surface area contributed by atoms with Crippen LogP contribution in [0.1, 0.15) is 67.1 Å². The fraction of sp³-hybridized carbons (Fsp3) is 0.520. The molecule has 7 N–H and O–H groups in total. The van der Waals surface area contributed by atoms with Gasteiger partial charge in [-0.15, -0.1) is 0 Å². The van der Waals surface area contributed by atoms with E-state index in [1.165, 1.54) is 6.07 Å². The molecule has 0 heterocycles. The summed E-state index contributed by atoms with van der Waals surface area (Å²) in [6.45, 7) is 2.60. The van der Waals surface area contributed by atoms with Crippen molar-refractivity contribution in [3.63, 3.8) is 0 Å². The number of phenols is 2.